The molecule has 1 fully saturated rings. The van der Waals surface area contributed by atoms with Crippen molar-refractivity contribution in [2.75, 3.05) is 19.6 Å². The minimum Gasteiger partial charge on any atom is -0.195 e. The van der Waals surface area contributed by atoms with E-state index in [0.29, 0.717) is 19.6 Å². The number of hydrogen-bond acceptors (Lipinski definition) is 3. The Balaban J connectivity index is 1.88. The van der Waals surface area contributed by atoms with Crippen molar-refractivity contribution in [3.8, 4) is 0 Å². The van der Waals surface area contributed by atoms with E-state index >= 15 is 0 Å². The van der Waals surface area contributed by atoms with Crippen LogP contribution in [0.4, 0.5) is 0 Å². The summed E-state index contributed by atoms with van der Waals surface area (Å²) in [6, 6.07) is 2.13. The Morgan fingerprint density at radius 3 is 2.57 bits per heavy atom. The van der Waals surface area contributed by atoms with E-state index < -0.39 is 10.2 Å². The topological polar surface area (TPSA) is 40.6 Å². The number of thiophene rings is 1. The summed E-state index contributed by atoms with van der Waals surface area (Å²) < 4.78 is 29.6. The molecule has 3 rings (SSSR count). The molecule has 0 saturated carbocycles. The fourth-order valence-corrected chi connectivity index (χ4v) is 6.34. The minimum absolute atomic E-state index is 0.0215. The summed E-state index contributed by atoms with van der Waals surface area (Å²) in [5.41, 5.74) is 1.23. The molecule has 2 aliphatic heterocycles. The van der Waals surface area contributed by atoms with Crippen molar-refractivity contribution >= 4 is 21.5 Å². The van der Waals surface area contributed by atoms with Crippen molar-refractivity contribution in [1.29, 1.82) is 0 Å². The van der Waals surface area contributed by atoms with Crippen LogP contribution in [0.5, 0.6) is 0 Å². The molecule has 21 heavy (non-hydrogen) atoms. The molecular formula is C15H24N2O2S2. The Hall–Kier alpha value is -0.430. The van der Waals surface area contributed by atoms with Crippen LogP contribution in [0, 0.1) is 0 Å². The van der Waals surface area contributed by atoms with Crippen LogP contribution in [-0.2, 0) is 16.6 Å². The van der Waals surface area contributed by atoms with Crippen molar-refractivity contribution in [3.63, 3.8) is 0 Å². The molecule has 0 aromatic carbocycles. The summed E-state index contributed by atoms with van der Waals surface area (Å²) in [5, 5.41) is 2.09. The summed E-state index contributed by atoms with van der Waals surface area (Å²) in [5.74, 6) is 0. The normalized spacial score (nSPS) is 25.5. The van der Waals surface area contributed by atoms with Gasteiger partial charge in [-0.05, 0) is 42.7 Å². The third kappa shape index (κ3) is 2.91. The lowest BCUT2D eigenvalue weighted by Crippen LogP contribution is -2.48. The Bertz CT molecular complexity index is 574. The van der Waals surface area contributed by atoms with Gasteiger partial charge < -0.3 is 0 Å². The molecule has 4 nitrogen and oxygen atoms in total. The van der Waals surface area contributed by atoms with Gasteiger partial charge in [0.2, 0.25) is 0 Å². The highest BCUT2D eigenvalue weighted by Gasteiger charge is 2.38. The predicted octanol–water partition coefficient (Wildman–Crippen LogP) is 3.18. The zero-order chi connectivity index (χ0) is 14.9. The maximum absolute atomic E-state index is 13.0. The molecule has 3 heterocycles. The molecule has 0 radical (unpaired) electrons. The third-order valence-electron chi connectivity index (χ3n) is 4.62. The quantitative estimate of drug-likeness (QED) is 0.855. The molecule has 0 spiro atoms. The van der Waals surface area contributed by atoms with Gasteiger partial charge in [0.15, 0.2) is 0 Å². The molecule has 1 aromatic rings. The standard InChI is InChI=1S/C15H24N2O2S2/c1-2-14-13-8-12-20-15(13)7-11-17(14)21(18,19)16-9-5-3-4-6-10-16/h8,12,14H,2-7,9-11H2,1H3. The number of nitrogens with zero attached hydrogens (tertiary/aromatic N) is 2. The van der Waals surface area contributed by atoms with Gasteiger partial charge in [0.1, 0.15) is 0 Å². The average Bonchev–Trinajstić information content (AvgIpc) is 2.78. The van der Waals surface area contributed by atoms with E-state index in [2.05, 4.69) is 18.4 Å². The number of hydrogen-bond donors (Lipinski definition) is 0. The first-order valence-electron chi connectivity index (χ1n) is 7.97. The molecule has 118 valence electrons. The fourth-order valence-electron chi connectivity index (χ4n) is 3.49. The van der Waals surface area contributed by atoms with Crippen LogP contribution < -0.4 is 0 Å². The van der Waals surface area contributed by atoms with E-state index in [4.69, 9.17) is 0 Å². The lowest BCUT2D eigenvalue weighted by atomic mass is 10.0. The first-order valence-corrected chi connectivity index (χ1v) is 10.3. The van der Waals surface area contributed by atoms with Crippen LogP contribution in [0.15, 0.2) is 11.4 Å². The van der Waals surface area contributed by atoms with Crippen LogP contribution in [0.1, 0.15) is 55.5 Å². The van der Waals surface area contributed by atoms with E-state index in [0.717, 1.165) is 38.5 Å². The maximum Gasteiger partial charge on any atom is 0.282 e. The molecule has 0 aliphatic carbocycles. The average molecular weight is 329 g/mol. The second-order valence-corrected chi connectivity index (χ2v) is 8.79. The monoisotopic (exact) mass is 328 g/mol. The Morgan fingerprint density at radius 1 is 1.19 bits per heavy atom. The van der Waals surface area contributed by atoms with Gasteiger partial charge in [-0.15, -0.1) is 11.3 Å². The van der Waals surface area contributed by atoms with Gasteiger partial charge in [-0.3, -0.25) is 0 Å². The molecule has 6 heteroatoms. The molecular weight excluding hydrogens is 304 g/mol. The van der Waals surface area contributed by atoms with Gasteiger partial charge in [-0.1, -0.05) is 19.8 Å². The van der Waals surface area contributed by atoms with Gasteiger partial charge in [0, 0.05) is 24.5 Å². The van der Waals surface area contributed by atoms with E-state index in [-0.39, 0.29) is 6.04 Å². The molecule has 0 N–H and O–H groups in total. The summed E-state index contributed by atoms with van der Waals surface area (Å²) in [7, 11) is -3.32. The molecule has 1 aromatic heterocycles. The van der Waals surface area contributed by atoms with Crippen molar-refractivity contribution in [2.45, 2.75) is 51.5 Å². The van der Waals surface area contributed by atoms with Gasteiger partial charge in [0.25, 0.3) is 10.2 Å². The first kappa shape index (κ1) is 15.5. The van der Waals surface area contributed by atoms with Crippen molar-refractivity contribution in [2.24, 2.45) is 0 Å². The predicted molar refractivity (Wildman–Crippen MR) is 86.7 cm³/mol. The van der Waals surface area contributed by atoms with E-state index in [1.54, 1.807) is 19.9 Å². The summed E-state index contributed by atoms with van der Waals surface area (Å²) in [6.45, 7) is 4.09. The lowest BCUT2D eigenvalue weighted by molar-refractivity contribution is 0.270. The van der Waals surface area contributed by atoms with Crippen LogP contribution in [0.3, 0.4) is 0 Å². The lowest BCUT2D eigenvalue weighted by Gasteiger charge is -2.37. The number of rotatable bonds is 3. The third-order valence-corrected chi connectivity index (χ3v) is 7.66. The molecule has 1 atom stereocenters. The minimum atomic E-state index is -3.32. The molecule has 2 aliphatic rings. The first-order chi connectivity index (χ1) is 10.1. The largest absolute Gasteiger partial charge is 0.282 e. The van der Waals surface area contributed by atoms with Crippen LogP contribution in [0.2, 0.25) is 0 Å². The van der Waals surface area contributed by atoms with Crippen molar-refractivity contribution in [3.05, 3.63) is 21.9 Å². The van der Waals surface area contributed by atoms with E-state index in [1.165, 1.54) is 10.4 Å². The Morgan fingerprint density at radius 2 is 1.90 bits per heavy atom. The van der Waals surface area contributed by atoms with Crippen molar-refractivity contribution in [1.82, 2.24) is 8.61 Å². The Kier molecular flexibility index (Phi) is 4.69. The van der Waals surface area contributed by atoms with Crippen LogP contribution in [-0.4, -0.2) is 36.7 Å². The Labute approximate surface area is 131 Å². The SMILES string of the molecule is CCC1c2ccsc2CCN1S(=O)(=O)N1CCCCCC1. The molecule has 0 amide bonds. The smallest absolute Gasteiger partial charge is 0.195 e. The number of fused-ring (bicyclic) bond motifs is 1. The van der Waals surface area contributed by atoms with Crippen LogP contribution in [0.25, 0.3) is 0 Å². The zero-order valence-electron chi connectivity index (χ0n) is 12.6. The highest BCUT2D eigenvalue weighted by atomic mass is 32.2. The van der Waals surface area contributed by atoms with Gasteiger partial charge >= 0.3 is 0 Å². The fraction of sp³-hybridized carbons (Fsp3) is 0.733. The highest BCUT2D eigenvalue weighted by molar-refractivity contribution is 7.86. The molecule has 1 unspecified atom stereocenters. The zero-order valence-corrected chi connectivity index (χ0v) is 14.3. The van der Waals surface area contributed by atoms with Gasteiger partial charge in [0.05, 0.1) is 6.04 Å². The van der Waals surface area contributed by atoms with E-state index in [9.17, 15) is 8.42 Å². The summed E-state index contributed by atoms with van der Waals surface area (Å²) >= 11 is 1.76. The van der Waals surface area contributed by atoms with Crippen LogP contribution >= 0.6 is 11.3 Å². The summed E-state index contributed by atoms with van der Waals surface area (Å²) in [6.07, 6.45) is 5.99. The highest BCUT2D eigenvalue weighted by Crippen LogP contribution is 2.37. The second-order valence-electron chi connectivity index (χ2n) is 5.90. The maximum atomic E-state index is 13.0. The summed E-state index contributed by atoms with van der Waals surface area (Å²) in [4.78, 5) is 1.36. The van der Waals surface area contributed by atoms with Gasteiger partial charge in [-0.25, -0.2) is 0 Å². The second kappa shape index (κ2) is 6.36. The van der Waals surface area contributed by atoms with Gasteiger partial charge in [-0.2, -0.15) is 17.0 Å². The van der Waals surface area contributed by atoms with Crippen molar-refractivity contribution < 1.29 is 8.42 Å². The van der Waals surface area contributed by atoms with E-state index in [1.807, 2.05) is 0 Å². The molecule has 0 bridgehead atoms. The molecule has 1 saturated heterocycles.